The molecule has 2 unspecified atom stereocenters. The van der Waals surface area contributed by atoms with E-state index in [1.165, 1.54) is 19.3 Å². The molecule has 7 nitrogen and oxygen atoms in total. The predicted octanol–water partition coefficient (Wildman–Crippen LogP) is 5.32. The van der Waals surface area contributed by atoms with Crippen LogP contribution < -0.4 is 9.64 Å². The third kappa shape index (κ3) is 4.92. The molecule has 0 N–H and O–H groups in total. The van der Waals surface area contributed by atoms with Gasteiger partial charge in [-0.05, 0) is 48.3 Å². The van der Waals surface area contributed by atoms with Gasteiger partial charge in [-0.3, -0.25) is 9.88 Å². The minimum Gasteiger partial charge on any atom is -0.463 e. The molecule has 39 heavy (non-hydrogen) atoms. The first-order chi connectivity index (χ1) is 19.2. The van der Waals surface area contributed by atoms with Crippen LogP contribution in [0.15, 0.2) is 48.7 Å². The number of morpholine rings is 1. The Labute approximate surface area is 228 Å². The van der Waals surface area contributed by atoms with Crippen molar-refractivity contribution in [3.05, 3.63) is 54.5 Å². The third-order valence-electron chi connectivity index (χ3n) is 8.55. The number of benzene rings is 2. The van der Waals surface area contributed by atoms with Crippen molar-refractivity contribution in [2.45, 2.75) is 25.7 Å². The molecule has 0 radical (unpaired) electrons. The molecule has 0 amide bonds. The number of pyridine rings is 1. The van der Waals surface area contributed by atoms with Crippen molar-refractivity contribution in [3.63, 3.8) is 0 Å². The minimum absolute atomic E-state index is 0.242. The number of piperidine rings is 1. The Morgan fingerprint density at radius 3 is 2.59 bits per heavy atom. The van der Waals surface area contributed by atoms with E-state index < -0.39 is 5.82 Å². The van der Waals surface area contributed by atoms with Crippen molar-refractivity contribution in [1.29, 1.82) is 0 Å². The zero-order chi connectivity index (χ0) is 26.2. The van der Waals surface area contributed by atoms with Crippen LogP contribution in [-0.2, 0) is 4.74 Å². The number of hydrogen-bond acceptors (Lipinski definition) is 7. The Morgan fingerprint density at radius 2 is 1.74 bits per heavy atom. The van der Waals surface area contributed by atoms with Gasteiger partial charge in [-0.2, -0.15) is 9.97 Å². The lowest BCUT2D eigenvalue weighted by Gasteiger charge is -2.33. The minimum atomic E-state index is -0.425. The van der Waals surface area contributed by atoms with Gasteiger partial charge in [0.05, 0.1) is 25.2 Å². The van der Waals surface area contributed by atoms with Gasteiger partial charge in [0.25, 0.3) is 0 Å². The summed E-state index contributed by atoms with van der Waals surface area (Å²) in [6.07, 6.45) is 6.40. The van der Waals surface area contributed by atoms with E-state index in [1.807, 2.05) is 42.5 Å². The van der Waals surface area contributed by atoms with Crippen LogP contribution in [0.4, 0.5) is 10.2 Å². The van der Waals surface area contributed by atoms with Crippen molar-refractivity contribution in [2.24, 2.45) is 11.8 Å². The molecular weight excluding hydrogens is 493 g/mol. The first-order valence-corrected chi connectivity index (χ1v) is 14.2. The van der Waals surface area contributed by atoms with Gasteiger partial charge < -0.3 is 14.4 Å². The van der Waals surface area contributed by atoms with E-state index in [-0.39, 0.29) is 11.5 Å². The monoisotopic (exact) mass is 527 g/mol. The molecule has 1 aliphatic carbocycles. The molecule has 2 saturated heterocycles. The summed E-state index contributed by atoms with van der Waals surface area (Å²) in [4.78, 5) is 18.8. The van der Waals surface area contributed by atoms with Gasteiger partial charge in [-0.25, -0.2) is 4.39 Å². The molecule has 3 fully saturated rings. The van der Waals surface area contributed by atoms with Gasteiger partial charge in [0.1, 0.15) is 17.0 Å². The molecule has 0 spiro atoms. The summed E-state index contributed by atoms with van der Waals surface area (Å²) in [5.41, 5.74) is 1.34. The lowest BCUT2D eigenvalue weighted by molar-refractivity contribution is 0.0356. The SMILES string of the molecule is Fc1c(-c2cccc3ccccc23)ncc2c(N3CC4CCC(C4)C3)nc(OCCCN3CCOCC3)nc12. The molecular formula is C31H34FN5O2. The topological polar surface area (TPSA) is 63.6 Å². The van der Waals surface area contributed by atoms with Gasteiger partial charge in [-0.15, -0.1) is 0 Å². The maximum Gasteiger partial charge on any atom is 0.319 e. The molecule has 2 aliphatic heterocycles. The summed E-state index contributed by atoms with van der Waals surface area (Å²) in [6, 6.07) is 14.1. The average Bonchev–Trinajstić information content (AvgIpc) is 3.32. The second-order valence-electron chi connectivity index (χ2n) is 11.1. The second kappa shape index (κ2) is 10.7. The van der Waals surface area contributed by atoms with E-state index in [4.69, 9.17) is 14.5 Å². The van der Waals surface area contributed by atoms with E-state index >= 15 is 4.39 Å². The van der Waals surface area contributed by atoms with E-state index in [0.29, 0.717) is 29.5 Å². The molecule has 2 atom stereocenters. The van der Waals surface area contributed by atoms with Crippen LogP contribution >= 0.6 is 0 Å². The van der Waals surface area contributed by atoms with Gasteiger partial charge in [0, 0.05) is 44.5 Å². The van der Waals surface area contributed by atoms with Crippen molar-refractivity contribution in [1.82, 2.24) is 19.9 Å². The highest BCUT2D eigenvalue weighted by molar-refractivity contribution is 5.99. The van der Waals surface area contributed by atoms with Crippen LogP contribution in [0.1, 0.15) is 25.7 Å². The predicted molar refractivity (Wildman–Crippen MR) is 151 cm³/mol. The quantitative estimate of drug-likeness (QED) is 0.301. The number of fused-ring (bicyclic) bond motifs is 4. The molecule has 2 aromatic heterocycles. The van der Waals surface area contributed by atoms with Crippen LogP contribution in [0, 0.1) is 17.7 Å². The summed E-state index contributed by atoms with van der Waals surface area (Å²) in [6.45, 7) is 6.74. The number of ether oxygens (including phenoxy) is 2. The Hall–Kier alpha value is -3.36. The van der Waals surface area contributed by atoms with Crippen LogP contribution in [0.25, 0.3) is 32.9 Å². The number of hydrogen-bond donors (Lipinski definition) is 0. The van der Waals surface area contributed by atoms with Crippen molar-refractivity contribution in [3.8, 4) is 17.3 Å². The molecule has 3 aliphatic rings. The molecule has 7 rings (SSSR count). The highest BCUT2D eigenvalue weighted by Gasteiger charge is 2.34. The molecule has 2 bridgehead atoms. The summed E-state index contributed by atoms with van der Waals surface area (Å²) in [5.74, 6) is 1.65. The second-order valence-corrected chi connectivity index (χ2v) is 11.1. The molecule has 4 heterocycles. The Bertz CT molecular complexity index is 1470. The summed E-state index contributed by atoms with van der Waals surface area (Å²) in [7, 11) is 0. The Balaban J connectivity index is 1.25. The first kappa shape index (κ1) is 24.7. The van der Waals surface area contributed by atoms with Crippen molar-refractivity contribution >= 4 is 27.5 Å². The van der Waals surface area contributed by atoms with E-state index in [2.05, 4.69) is 19.8 Å². The summed E-state index contributed by atoms with van der Waals surface area (Å²) < 4.78 is 27.9. The standard InChI is InChI=1S/C31H34FN5O2/c32-27-28(25-8-3-6-23-5-1-2-7-24(23)25)33-18-26-29(27)34-31(39-14-4-11-36-12-15-38-16-13-36)35-30(26)37-19-21-9-10-22(17-21)20-37/h1-3,5-8,18,21-22H,4,9-17,19-20H2. The van der Waals surface area contributed by atoms with Gasteiger partial charge >= 0.3 is 6.01 Å². The Morgan fingerprint density at radius 1 is 0.949 bits per heavy atom. The number of anilines is 1. The third-order valence-corrected chi connectivity index (χ3v) is 8.55. The maximum absolute atomic E-state index is 16.4. The highest BCUT2D eigenvalue weighted by atomic mass is 19.1. The molecule has 8 heteroatoms. The van der Waals surface area contributed by atoms with Gasteiger partial charge in [0.2, 0.25) is 0 Å². The largest absolute Gasteiger partial charge is 0.463 e. The molecule has 202 valence electrons. The fourth-order valence-electron chi connectivity index (χ4n) is 6.60. The number of halogens is 1. The van der Waals surface area contributed by atoms with E-state index in [1.54, 1.807) is 6.20 Å². The van der Waals surface area contributed by atoms with E-state index in [9.17, 15) is 0 Å². The Kier molecular flexibility index (Phi) is 6.74. The van der Waals surface area contributed by atoms with Gasteiger partial charge in [-0.1, -0.05) is 42.5 Å². The van der Waals surface area contributed by atoms with Crippen LogP contribution in [0.3, 0.4) is 0 Å². The summed E-state index contributed by atoms with van der Waals surface area (Å²) >= 11 is 0. The van der Waals surface area contributed by atoms with Crippen LogP contribution in [-0.4, -0.2) is 72.4 Å². The van der Waals surface area contributed by atoms with Crippen molar-refractivity contribution < 1.29 is 13.9 Å². The van der Waals surface area contributed by atoms with E-state index in [0.717, 1.165) is 74.5 Å². The lowest BCUT2D eigenvalue weighted by atomic mass is 9.98. The average molecular weight is 528 g/mol. The lowest BCUT2D eigenvalue weighted by Crippen LogP contribution is -2.37. The number of rotatable bonds is 7. The number of nitrogens with zero attached hydrogens (tertiary/aromatic N) is 5. The molecule has 4 aromatic rings. The first-order valence-electron chi connectivity index (χ1n) is 14.2. The normalized spacial score (nSPS) is 21.6. The number of aromatic nitrogens is 3. The highest BCUT2D eigenvalue weighted by Crippen LogP contribution is 2.40. The van der Waals surface area contributed by atoms with Crippen LogP contribution in [0.5, 0.6) is 6.01 Å². The van der Waals surface area contributed by atoms with Crippen LogP contribution in [0.2, 0.25) is 0 Å². The fourth-order valence-corrected chi connectivity index (χ4v) is 6.60. The zero-order valence-corrected chi connectivity index (χ0v) is 22.2. The summed E-state index contributed by atoms with van der Waals surface area (Å²) in [5, 5.41) is 2.67. The van der Waals surface area contributed by atoms with Crippen molar-refractivity contribution in [2.75, 3.05) is 57.4 Å². The van der Waals surface area contributed by atoms with Gasteiger partial charge in [0.15, 0.2) is 5.82 Å². The molecule has 2 aromatic carbocycles. The fraction of sp³-hybridized carbons (Fsp3) is 0.452. The smallest absolute Gasteiger partial charge is 0.319 e. The molecule has 1 saturated carbocycles. The maximum atomic E-state index is 16.4. The zero-order valence-electron chi connectivity index (χ0n) is 22.2.